The minimum absolute atomic E-state index is 0.0717. The summed E-state index contributed by atoms with van der Waals surface area (Å²) in [6, 6.07) is 31.1. The highest BCUT2D eigenvalue weighted by atomic mass is 16.2. The third-order valence-electron chi connectivity index (χ3n) is 6.24. The molecule has 0 aromatic heterocycles. The van der Waals surface area contributed by atoms with Gasteiger partial charge < -0.3 is 10.2 Å². The van der Waals surface area contributed by atoms with Crippen molar-refractivity contribution in [2.75, 3.05) is 6.54 Å². The lowest BCUT2D eigenvalue weighted by Gasteiger charge is -2.15. The van der Waals surface area contributed by atoms with Crippen molar-refractivity contribution in [2.45, 2.75) is 33.0 Å². The van der Waals surface area contributed by atoms with Gasteiger partial charge >= 0.3 is 0 Å². The zero-order chi connectivity index (χ0) is 23.0. The molecule has 0 spiro atoms. The van der Waals surface area contributed by atoms with Gasteiger partial charge in [-0.2, -0.15) is 0 Å². The molecule has 3 aromatic carbocycles. The van der Waals surface area contributed by atoms with Gasteiger partial charge in [0, 0.05) is 37.2 Å². The Labute approximate surface area is 197 Å². The quantitative estimate of drug-likeness (QED) is 0.355. The Morgan fingerprint density at radius 3 is 2.15 bits per heavy atom. The Balaban J connectivity index is 1.54. The van der Waals surface area contributed by atoms with E-state index in [-0.39, 0.29) is 17.9 Å². The molecule has 1 aliphatic rings. The van der Waals surface area contributed by atoms with Gasteiger partial charge in [-0.1, -0.05) is 103 Å². The number of carbonyl (C=O) groups excluding carboxylic acids is 1. The molecule has 3 heteroatoms. The molecule has 0 radical (unpaired) electrons. The topological polar surface area (TPSA) is 32.3 Å². The molecule has 1 heterocycles. The van der Waals surface area contributed by atoms with Crippen LogP contribution in [0.4, 0.5) is 0 Å². The molecule has 33 heavy (non-hydrogen) atoms. The first kappa shape index (κ1) is 22.8. The molecular weight excluding hydrogens is 404 g/mol. The van der Waals surface area contributed by atoms with E-state index in [4.69, 9.17) is 0 Å². The number of hydrogen-bond acceptors (Lipinski definition) is 2. The maximum absolute atomic E-state index is 13.5. The lowest BCUT2D eigenvalue weighted by Crippen LogP contribution is -2.25. The van der Waals surface area contributed by atoms with Crippen molar-refractivity contribution < 1.29 is 4.79 Å². The summed E-state index contributed by atoms with van der Waals surface area (Å²) in [4.78, 5) is 15.5. The van der Waals surface area contributed by atoms with Gasteiger partial charge in [-0.15, -0.1) is 0 Å². The summed E-state index contributed by atoms with van der Waals surface area (Å²) in [5.74, 6) is 0.210. The molecule has 3 nitrogen and oxygen atoms in total. The number of allylic oxidation sites excluding steroid dienone is 1. The molecule has 0 saturated carbocycles. The normalized spacial score (nSPS) is 18.7. The second-order valence-corrected chi connectivity index (χ2v) is 8.72. The summed E-state index contributed by atoms with van der Waals surface area (Å²) in [6.45, 7) is 6.40. The van der Waals surface area contributed by atoms with Crippen molar-refractivity contribution in [1.29, 1.82) is 0 Å². The summed E-state index contributed by atoms with van der Waals surface area (Å²) in [7, 11) is 0. The molecule has 168 valence electrons. The molecule has 1 aliphatic heterocycles. The number of benzene rings is 3. The number of carbonyl (C=O) groups is 1. The van der Waals surface area contributed by atoms with Crippen LogP contribution in [-0.4, -0.2) is 23.4 Å². The fraction of sp³-hybridized carbons (Fsp3) is 0.233. The lowest BCUT2D eigenvalue weighted by atomic mass is 9.93. The van der Waals surface area contributed by atoms with Gasteiger partial charge in [-0.05, 0) is 36.1 Å². The zero-order valence-electron chi connectivity index (χ0n) is 19.4. The van der Waals surface area contributed by atoms with Gasteiger partial charge in [0.15, 0.2) is 0 Å². The first-order valence-corrected chi connectivity index (χ1v) is 11.7. The number of likely N-dealkylation sites (tertiary alicyclic amines) is 1. The predicted molar refractivity (Wildman–Crippen MR) is 136 cm³/mol. The minimum Gasteiger partial charge on any atom is -0.334 e. The van der Waals surface area contributed by atoms with Crippen LogP contribution < -0.4 is 5.32 Å². The van der Waals surface area contributed by atoms with Gasteiger partial charge in [-0.3, -0.25) is 4.79 Å². The summed E-state index contributed by atoms with van der Waals surface area (Å²) in [6.07, 6.45) is 4.42. The number of nitrogens with one attached hydrogen (secondary N) is 1. The summed E-state index contributed by atoms with van der Waals surface area (Å²) in [5, 5.41) is 3.56. The van der Waals surface area contributed by atoms with Crippen LogP contribution in [0.2, 0.25) is 0 Å². The fourth-order valence-corrected chi connectivity index (χ4v) is 4.36. The third kappa shape index (κ3) is 5.88. The van der Waals surface area contributed by atoms with E-state index in [1.807, 2.05) is 47.4 Å². The van der Waals surface area contributed by atoms with Gasteiger partial charge in [0.2, 0.25) is 0 Å². The van der Waals surface area contributed by atoms with Crippen LogP contribution in [0.3, 0.4) is 0 Å². The third-order valence-corrected chi connectivity index (χ3v) is 6.24. The van der Waals surface area contributed by atoms with E-state index in [9.17, 15) is 4.79 Å². The molecule has 3 aromatic rings. The highest BCUT2D eigenvalue weighted by Gasteiger charge is 2.35. The number of rotatable bonds is 8. The smallest absolute Gasteiger partial charge is 0.251 e. The predicted octanol–water partition coefficient (Wildman–Crippen LogP) is 5.85. The van der Waals surface area contributed by atoms with E-state index in [0.29, 0.717) is 13.1 Å². The molecule has 0 aliphatic carbocycles. The van der Waals surface area contributed by atoms with E-state index >= 15 is 0 Å². The Morgan fingerprint density at radius 2 is 1.52 bits per heavy atom. The fourth-order valence-electron chi connectivity index (χ4n) is 4.36. The zero-order valence-corrected chi connectivity index (χ0v) is 19.4. The van der Waals surface area contributed by atoms with Crippen LogP contribution >= 0.6 is 0 Å². The lowest BCUT2D eigenvalue weighted by molar-refractivity contribution is -0.125. The molecular formula is C30H32N2O. The van der Waals surface area contributed by atoms with E-state index in [0.717, 1.165) is 28.8 Å². The van der Waals surface area contributed by atoms with E-state index in [2.05, 4.69) is 79.8 Å². The average molecular weight is 437 g/mol. The van der Waals surface area contributed by atoms with Crippen molar-refractivity contribution in [3.8, 4) is 0 Å². The van der Waals surface area contributed by atoms with Crippen LogP contribution in [0.5, 0.6) is 0 Å². The maximum Gasteiger partial charge on any atom is 0.251 e. The summed E-state index contributed by atoms with van der Waals surface area (Å²) < 4.78 is 0. The van der Waals surface area contributed by atoms with Gasteiger partial charge in [0.05, 0.1) is 0 Å². The highest BCUT2D eigenvalue weighted by molar-refractivity contribution is 6.03. The minimum atomic E-state index is 0.0717. The SMILES string of the molecule is C/C(=C1\C(=O)N(Cc2ccccc2)CC1/C=C/C(C)NCc1ccccc1)c1ccccc1. The highest BCUT2D eigenvalue weighted by Crippen LogP contribution is 2.33. The summed E-state index contributed by atoms with van der Waals surface area (Å²) >= 11 is 0. The molecule has 4 rings (SSSR count). The molecule has 1 saturated heterocycles. The largest absolute Gasteiger partial charge is 0.334 e. The first-order chi connectivity index (χ1) is 16.1. The van der Waals surface area contributed by atoms with Crippen molar-refractivity contribution in [3.63, 3.8) is 0 Å². The second-order valence-electron chi connectivity index (χ2n) is 8.72. The van der Waals surface area contributed by atoms with Crippen LogP contribution in [0, 0.1) is 5.92 Å². The number of amides is 1. The van der Waals surface area contributed by atoms with Crippen molar-refractivity contribution in [3.05, 3.63) is 125 Å². The molecule has 1 N–H and O–H groups in total. The van der Waals surface area contributed by atoms with Gasteiger partial charge in [-0.25, -0.2) is 0 Å². The maximum atomic E-state index is 13.5. The Bertz CT molecular complexity index is 1100. The van der Waals surface area contributed by atoms with Crippen molar-refractivity contribution in [2.24, 2.45) is 5.92 Å². The Morgan fingerprint density at radius 1 is 0.939 bits per heavy atom. The Kier molecular flexibility index (Phi) is 7.54. The average Bonchev–Trinajstić information content (AvgIpc) is 3.17. The van der Waals surface area contributed by atoms with Crippen LogP contribution in [0.25, 0.3) is 5.57 Å². The molecule has 2 unspecified atom stereocenters. The first-order valence-electron chi connectivity index (χ1n) is 11.7. The van der Waals surface area contributed by atoms with Crippen LogP contribution in [0.1, 0.15) is 30.5 Å². The van der Waals surface area contributed by atoms with E-state index < -0.39 is 0 Å². The monoisotopic (exact) mass is 436 g/mol. The molecule has 0 bridgehead atoms. The Hall–Kier alpha value is -3.43. The molecule has 1 amide bonds. The molecule has 2 atom stereocenters. The van der Waals surface area contributed by atoms with Crippen molar-refractivity contribution in [1.82, 2.24) is 10.2 Å². The van der Waals surface area contributed by atoms with E-state index in [1.165, 1.54) is 5.56 Å². The van der Waals surface area contributed by atoms with Crippen LogP contribution in [-0.2, 0) is 17.9 Å². The molecule has 1 fully saturated rings. The van der Waals surface area contributed by atoms with Gasteiger partial charge in [0.1, 0.15) is 0 Å². The van der Waals surface area contributed by atoms with Gasteiger partial charge in [0.25, 0.3) is 5.91 Å². The number of hydrogen-bond donors (Lipinski definition) is 1. The summed E-state index contributed by atoms with van der Waals surface area (Å²) in [5.41, 5.74) is 5.50. The second kappa shape index (κ2) is 10.9. The number of nitrogens with zero attached hydrogens (tertiary/aromatic N) is 1. The van der Waals surface area contributed by atoms with Crippen molar-refractivity contribution >= 4 is 11.5 Å². The standard InChI is InChI=1S/C30H32N2O/c1-23(31-20-25-12-6-3-7-13-25)18-19-28-22-32(21-26-14-8-4-9-15-26)30(33)29(28)24(2)27-16-10-5-11-17-27/h3-19,23,28,31H,20-22H2,1-2H3/b19-18+,29-24+. The van der Waals surface area contributed by atoms with E-state index in [1.54, 1.807) is 0 Å². The van der Waals surface area contributed by atoms with Crippen LogP contribution in [0.15, 0.2) is 109 Å².